The minimum atomic E-state index is -0.268. The molecule has 0 saturated heterocycles. The van der Waals surface area contributed by atoms with E-state index < -0.39 is 0 Å². The number of amides is 1. The van der Waals surface area contributed by atoms with Gasteiger partial charge in [0.15, 0.2) is 10.3 Å². The number of halogens is 1. The highest BCUT2D eigenvalue weighted by Gasteiger charge is 2.17. The van der Waals surface area contributed by atoms with Gasteiger partial charge in [0.25, 0.3) is 5.56 Å². The van der Waals surface area contributed by atoms with E-state index in [2.05, 4.69) is 10.3 Å². The summed E-state index contributed by atoms with van der Waals surface area (Å²) in [5.41, 5.74) is 3.55. The number of pyridine rings is 1. The second-order valence-electron chi connectivity index (χ2n) is 6.97. The van der Waals surface area contributed by atoms with Gasteiger partial charge < -0.3 is 5.32 Å². The molecule has 0 aliphatic rings. The Bertz CT molecular complexity index is 1330. The first-order valence-electron chi connectivity index (χ1n) is 9.57. The van der Waals surface area contributed by atoms with E-state index in [9.17, 15) is 9.59 Å². The summed E-state index contributed by atoms with van der Waals surface area (Å²) in [6.45, 7) is 3.91. The maximum Gasteiger partial charge on any atom is 0.266 e. The molecule has 8 heteroatoms. The van der Waals surface area contributed by atoms with Crippen LogP contribution in [0.25, 0.3) is 16.6 Å². The largest absolute Gasteiger partial charge is 0.323 e. The van der Waals surface area contributed by atoms with E-state index in [-0.39, 0.29) is 22.4 Å². The number of anilines is 1. The van der Waals surface area contributed by atoms with Crippen LogP contribution in [0.3, 0.4) is 0 Å². The summed E-state index contributed by atoms with van der Waals surface area (Å²) in [7, 11) is 0. The minimum absolute atomic E-state index is 0.0565. The zero-order valence-corrected chi connectivity index (χ0v) is 18.5. The summed E-state index contributed by atoms with van der Waals surface area (Å²) in [6.07, 6.45) is 1.55. The van der Waals surface area contributed by atoms with Crippen LogP contribution in [0.2, 0.25) is 5.15 Å². The molecule has 2 aromatic heterocycles. The molecule has 0 bridgehead atoms. The number of carbonyl (C=O) groups excluding carboxylic acids is 1. The van der Waals surface area contributed by atoms with Gasteiger partial charge in [0.2, 0.25) is 5.91 Å². The van der Waals surface area contributed by atoms with Crippen molar-refractivity contribution in [2.24, 2.45) is 0 Å². The second-order valence-corrected chi connectivity index (χ2v) is 8.27. The molecule has 0 fully saturated rings. The van der Waals surface area contributed by atoms with Gasteiger partial charge in [-0.1, -0.05) is 53.7 Å². The Hall–Kier alpha value is -3.16. The van der Waals surface area contributed by atoms with Crippen molar-refractivity contribution in [3.63, 3.8) is 0 Å². The standard InChI is InChI=1S/C23H19ClN4O2S/c1-14-7-5-8-15(2)20(14)28-22(30)16-9-3-4-10-17(16)27-23(28)31-13-19(29)26-18-11-6-12-25-21(18)24/h3-12H,13H2,1-2H3,(H,26,29). The fourth-order valence-corrected chi connectivity index (χ4v) is 4.33. The van der Waals surface area contributed by atoms with Crippen LogP contribution in [0, 0.1) is 13.8 Å². The Morgan fingerprint density at radius 3 is 2.55 bits per heavy atom. The van der Waals surface area contributed by atoms with Crippen molar-refractivity contribution in [3.8, 4) is 5.69 Å². The van der Waals surface area contributed by atoms with Crippen LogP contribution in [0.4, 0.5) is 5.69 Å². The molecule has 31 heavy (non-hydrogen) atoms. The van der Waals surface area contributed by atoms with Crippen molar-refractivity contribution >= 4 is 45.9 Å². The van der Waals surface area contributed by atoms with Crippen molar-refractivity contribution in [3.05, 3.63) is 87.4 Å². The third-order valence-electron chi connectivity index (χ3n) is 4.77. The summed E-state index contributed by atoms with van der Waals surface area (Å²) in [6, 6.07) is 16.4. The lowest BCUT2D eigenvalue weighted by molar-refractivity contribution is -0.113. The van der Waals surface area contributed by atoms with Crippen molar-refractivity contribution < 1.29 is 4.79 Å². The number of rotatable bonds is 5. The lowest BCUT2D eigenvalue weighted by Gasteiger charge is -2.17. The minimum Gasteiger partial charge on any atom is -0.323 e. The predicted molar refractivity (Wildman–Crippen MR) is 125 cm³/mol. The quantitative estimate of drug-likeness (QED) is 0.269. The van der Waals surface area contributed by atoms with Crippen molar-refractivity contribution in [1.82, 2.24) is 14.5 Å². The number of hydrogen-bond acceptors (Lipinski definition) is 5. The molecule has 4 rings (SSSR count). The van der Waals surface area contributed by atoms with Crippen molar-refractivity contribution in [2.45, 2.75) is 19.0 Å². The molecule has 4 aromatic rings. The SMILES string of the molecule is Cc1cccc(C)c1-n1c(SCC(=O)Nc2cccnc2Cl)nc2ccccc2c1=O. The van der Waals surface area contributed by atoms with Gasteiger partial charge in [-0.05, 0) is 49.2 Å². The molecular weight excluding hydrogens is 432 g/mol. The molecule has 1 amide bonds. The fourth-order valence-electron chi connectivity index (χ4n) is 3.36. The predicted octanol–water partition coefficient (Wildman–Crippen LogP) is 4.78. The number of nitrogens with one attached hydrogen (secondary N) is 1. The van der Waals surface area contributed by atoms with E-state index in [1.807, 2.05) is 44.2 Å². The Kier molecular flexibility index (Phi) is 6.06. The molecule has 0 saturated carbocycles. The molecule has 1 N–H and O–H groups in total. The molecule has 156 valence electrons. The van der Waals surface area contributed by atoms with Gasteiger partial charge in [-0.25, -0.2) is 9.97 Å². The van der Waals surface area contributed by atoms with Gasteiger partial charge in [0.1, 0.15) is 0 Å². The average Bonchev–Trinajstić information content (AvgIpc) is 2.75. The molecule has 0 unspecified atom stereocenters. The average molecular weight is 451 g/mol. The second kappa shape index (κ2) is 8.91. The Balaban J connectivity index is 1.74. The first-order chi connectivity index (χ1) is 15.0. The van der Waals surface area contributed by atoms with Crippen LogP contribution in [0.15, 0.2) is 70.7 Å². The van der Waals surface area contributed by atoms with Gasteiger partial charge in [0.05, 0.1) is 28.0 Å². The maximum absolute atomic E-state index is 13.4. The highest BCUT2D eigenvalue weighted by molar-refractivity contribution is 7.99. The fraction of sp³-hybridized carbons (Fsp3) is 0.130. The van der Waals surface area contributed by atoms with Gasteiger partial charge in [-0.15, -0.1) is 0 Å². The molecule has 0 aliphatic heterocycles. The van der Waals surface area contributed by atoms with Crippen LogP contribution >= 0.6 is 23.4 Å². The number of hydrogen-bond donors (Lipinski definition) is 1. The number of thioether (sulfide) groups is 1. The highest BCUT2D eigenvalue weighted by atomic mass is 35.5. The summed E-state index contributed by atoms with van der Waals surface area (Å²) in [5.74, 6) is -0.212. The lowest BCUT2D eigenvalue weighted by Crippen LogP contribution is -2.24. The van der Waals surface area contributed by atoms with E-state index in [1.54, 1.807) is 35.0 Å². The Morgan fingerprint density at radius 2 is 1.81 bits per heavy atom. The van der Waals surface area contributed by atoms with Gasteiger partial charge in [0, 0.05) is 6.20 Å². The molecule has 0 atom stereocenters. The zero-order chi connectivity index (χ0) is 22.0. The van der Waals surface area contributed by atoms with E-state index in [4.69, 9.17) is 16.6 Å². The highest BCUT2D eigenvalue weighted by Crippen LogP contribution is 2.26. The van der Waals surface area contributed by atoms with Crippen LogP contribution < -0.4 is 10.9 Å². The van der Waals surface area contributed by atoms with Crippen molar-refractivity contribution in [2.75, 3.05) is 11.1 Å². The number of para-hydroxylation sites is 2. The normalized spacial score (nSPS) is 10.9. The summed E-state index contributed by atoms with van der Waals surface area (Å²) in [4.78, 5) is 34.6. The number of nitrogens with zero attached hydrogens (tertiary/aromatic N) is 3. The molecule has 0 spiro atoms. The zero-order valence-electron chi connectivity index (χ0n) is 16.9. The van der Waals surface area contributed by atoms with Gasteiger partial charge >= 0.3 is 0 Å². The first kappa shape index (κ1) is 21.1. The Morgan fingerprint density at radius 1 is 1.06 bits per heavy atom. The molecular formula is C23H19ClN4O2S. The van der Waals surface area contributed by atoms with Gasteiger partial charge in [-0.2, -0.15) is 0 Å². The van der Waals surface area contributed by atoms with Crippen LogP contribution in [0.5, 0.6) is 0 Å². The van der Waals surface area contributed by atoms with Crippen LogP contribution in [-0.2, 0) is 4.79 Å². The van der Waals surface area contributed by atoms with E-state index in [0.29, 0.717) is 21.7 Å². The molecule has 0 aliphatic carbocycles. The summed E-state index contributed by atoms with van der Waals surface area (Å²) in [5, 5.41) is 3.95. The number of carbonyl (C=O) groups is 1. The topological polar surface area (TPSA) is 76.9 Å². The molecule has 6 nitrogen and oxygen atoms in total. The van der Waals surface area contributed by atoms with Crippen LogP contribution in [0.1, 0.15) is 11.1 Å². The van der Waals surface area contributed by atoms with Crippen LogP contribution in [-0.4, -0.2) is 26.2 Å². The van der Waals surface area contributed by atoms with E-state index >= 15 is 0 Å². The molecule has 2 aromatic carbocycles. The number of aromatic nitrogens is 3. The smallest absolute Gasteiger partial charge is 0.266 e. The first-order valence-corrected chi connectivity index (χ1v) is 10.9. The summed E-state index contributed by atoms with van der Waals surface area (Å²) >= 11 is 7.22. The molecule has 0 radical (unpaired) electrons. The lowest BCUT2D eigenvalue weighted by atomic mass is 10.1. The third kappa shape index (κ3) is 4.33. The Labute approximate surface area is 188 Å². The third-order valence-corrected chi connectivity index (χ3v) is 6.01. The van der Waals surface area contributed by atoms with Gasteiger partial charge in [-0.3, -0.25) is 14.2 Å². The number of aryl methyl sites for hydroxylation is 2. The number of fused-ring (bicyclic) bond motifs is 1. The van der Waals surface area contributed by atoms with E-state index in [0.717, 1.165) is 16.8 Å². The maximum atomic E-state index is 13.4. The molecule has 2 heterocycles. The summed E-state index contributed by atoms with van der Waals surface area (Å²) < 4.78 is 1.60. The monoisotopic (exact) mass is 450 g/mol. The van der Waals surface area contributed by atoms with Crippen molar-refractivity contribution in [1.29, 1.82) is 0 Å². The van der Waals surface area contributed by atoms with E-state index in [1.165, 1.54) is 11.8 Å². The number of benzene rings is 2.